The van der Waals surface area contributed by atoms with Crippen LogP contribution >= 0.6 is 0 Å². The summed E-state index contributed by atoms with van der Waals surface area (Å²) in [5, 5.41) is 11.2. The number of aliphatic carboxylic acids is 1. The molecule has 0 rings (SSSR count). The van der Waals surface area contributed by atoms with Crippen LogP contribution < -0.4 is 5.32 Å². The van der Waals surface area contributed by atoms with Crippen molar-refractivity contribution in [2.45, 2.75) is 84.1 Å². The first-order chi connectivity index (χ1) is 14.1. The van der Waals surface area contributed by atoms with Crippen LogP contribution in [0.15, 0.2) is 60.8 Å². The summed E-state index contributed by atoms with van der Waals surface area (Å²) in [7, 11) is 0. The minimum Gasteiger partial charge on any atom is -0.480 e. The van der Waals surface area contributed by atoms with Gasteiger partial charge in [-0.1, -0.05) is 74.1 Å². The van der Waals surface area contributed by atoms with Crippen LogP contribution in [0.3, 0.4) is 0 Å². The Morgan fingerprint density at radius 3 is 1.72 bits per heavy atom. The van der Waals surface area contributed by atoms with Crippen molar-refractivity contribution in [1.29, 1.82) is 0 Å². The average Bonchev–Trinajstić information content (AvgIpc) is 2.69. The zero-order chi connectivity index (χ0) is 21.6. The van der Waals surface area contributed by atoms with Gasteiger partial charge < -0.3 is 10.4 Å². The Hall–Kier alpha value is -2.36. The van der Waals surface area contributed by atoms with Crippen molar-refractivity contribution in [3.8, 4) is 0 Å². The van der Waals surface area contributed by atoms with Crippen LogP contribution in [0.25, 0.3) is 0 Å². The summed E-state index contributed by atoms with van der Waals surface area (Å²) in [6, 6.07) is -0.816. The molecule has 0 aromatic heterocycles. The van der Waals surface area contributed by atoms with Crippen molar-refractivity contribution in [3.05, 3.63) is 60.8 Å². The van der Waals surface area contributed by atoms with E-state index in [0.717, 1.165) is 57.8 Å². The Morgan fingerprint density at radius 1 is 0.759 bits per heavy atom. The standard InChI is InChI=1S/C25H39NO3/c1-3-4-5-6-7-8-9-10-11-12-13-14-15-16-17-18-19-20-21-22-24(27)26-23(2)25(28)29/h4-5,7-8,10-11,13-14,16-17,23H,3,6,9,12,15,18-22H2,1-2H3,(H,26,27)(H,28,29)/b5-4-,8-7-,11-10-,14-13-,17-16-/t23-/m0/s1. The molecule has 0 aliphatic rings. The lowest BCUT2D eigenvalue weighted by Crippen LogP contribution is -2.38. The maximum Gasteiger partial charge on any atom is 0.325 e. The summed E-state index contributed by atoms with van der Waals surface area (Å²) in [5.41, 5.74) is 0. The second kappa shape index (κ2) is 20.4. The van der Waals surface area contributed by atoms with Gasteiger partial charge in [0.15, 0.2) is 0 Å². The van der Waals surface area contributed by atoms with E-state index in [-0.39, 0.29) is 5.91 Å². The lowest BCUT2D eigenvalue weighted by molar-refractivity contribution is -0.141. The van der Waals surface area contributed by atoms with Crippen molar-refractivity contribution in [3.63, 3.8) is 0 Å². The van der Waals surface area contributed by atoms with Gasteiger partial charge in [-0.2, -0.15) is 0 Å². The highest BCUT2D eigenvalue weighted by atomic mass is 16.4. The molecule has 2 N–H and O–H groups in total. The number of carboxylic acids is 1. The molecule has 0 fully saturated rings. The minimum absolute atomic E-state index is 0.185. The van der Waals surface area contributed by atoms with E-state index < -0.39 is 12.0 Å². The SMILES string of the molecule is CC/C=C\C/C=C\C/C=C\C/C=C\C/C=C\CCCCCC(=O)N[C@@H](C)C(=O)O. The summed E-state index contributed by atoms with van der Waals surface area (Å²) in [6.45, 7) is 3.62. The van der Waals surface area contributed by atoms with Crippen LogP contribution in [0.5, 0.6) is 0 Å². The van der Waals surface area contributed by atoms with E-state index in [2.05, 4.69) is 73.0 Å². The van der Waals surface area contributed by atoms with Gasteiger partial charge in [-0.05, 0) is 58.3 Å². The van der Waals surface area contributed by atoms with Crippen LogP contribution in [-0.2, 0) is 9.59 Å². The molecule has 4 nitrogen and oxygen atoms in total. The summed E-state index contributed by atoms with van der Waals surface area (Å²) in [6.07, 6.45) is 31.2. The number of carboxylic acid groups (broad SMARTS) is 1. The van der Waals surface area contributed by atoms with Crippen molar-refractivity contribution >= 4 is 11.9 Å². The number of carbonyl (C=O) groups excluding carboxylic acids is 1. The van der Waals surface area contributed by atoms with Gasteiger partial charge in [0, 0.05) is 6.42 Å². The smallest absolute Gasteiger partial charge is 0.325 e. The second-order valence-electron chi connectivity index (χ2n) is 6.93. The lowest BCUT2D eigenvalue weighted by atomic mass is 10.1. The van der Waals surface area contributed by atoms with Crippen molar-refractivity contribution in [2.24, 2.45) is 0 Å². The lowest BCUT2D eigenvalue weighted by Gasteiger charge is -2.08. The summed E-state index contributed by atoms with van der Waals surface area (Å²) in [4.78, 5) is 22.2. The molecule has 0 aromatic carbocycles. The first-order valence-corrected chi connectivity index (χ1v) is 10.8. The topological polar surface area (TPSA) is 66.4 Å². The number of amides is 1. The maximum absolute atomic E-state index is 11.5. The number of rotatable bonds is 17. The van der Waals surface area contributed by atoms with Crippen LogP contribution in [0, 0.1) is 0 Å². The predicted molar refractivity (Wildman–Crippen MR) is 123 cm³/mol. The monoisotopic (exact) mass is 401 g/mol. The van der Waals surface area contributed by atoms with Crippen LogP contribution in [0.2, 0.25) is 0 Å². The Bertz CT molecular complexity index is 571. The van der Waals surface area contributed by atoms with Crippen molar-refractivity contribution in [2.75, 3.05) is 0 Å². The first kappa shape index (κ1) is 26.6. The van der Waals surface area contributed by atoms with E-state index in [1.807, 2.05) is 0 Å². The highest BCUT2D eigenvalue weighted by molar-refractivity contribution is 5.83. The highest BCUT2D eigenvalue weighted by Crippen LogP contribution is 2.05. The third-order valence-corrected chi connectivity index (χ3v) is 4.18. The highest BCUT2D eigenvalue weighted by Gasteiger charge is 2.12. The van der Waals surface area contributed by atoms with Gasteiger partial charge in [-0.15, -0.1) is 0 Å². The molecule has 0 saturated carbocycles. The average molecular weight is 402 g/mol. The second-order valence-corrected chi connectivity index (χ2v) is 6.93. The Labute approximate surface area is 177 Å². The van der Waals surface area contributed by atoms with E-state index in [1.54, 1.807) is 0 Å². The van der Waals surface area contributed by atoms with Gasteiger partial charge in [0.2, 0.25) is 5.91 Å². The normalized spacial score (nSPS) is 13.4. The number of unbranched alkanes of at least 4 members (excludes halogenated alkanes) is 3. The molecule has 1 atom stereocenters. The minimum atomic E-state index is -1.00. The third-order valence-electron chi connectivity index (χ3n) is 4.18. The van der Waals surface area contributed by atoms with E-state index in [9.17, 15) is 9.59 Å². The van der Waals surface area contributed by atoms with Crippen LogP contribution in [0.4, 0.5) is 0 Å². The zero-order valence-corrected chi connectivity index (χ0v) is 18.2. The molecule has 0 radical (unpaired) electrons. The molecule has 0 spiro atoms. The molecule has 0 bridgehead atoms. The van der Waals surface area contributed by atoms with Crippen LogP contribution in [0.1, 0.15) is 78.1 Å². The van der Waals surface area contributed by atoms with Gasteiger partial charge in [0.1, 0.15) is 6.04 Å². The Kier molecular flexibility index (Phi) is 18.7. The molecule has 0 heterocycles. The van der Waals surface area contributed by atoms with E-state index >= 15 is 0 Å². The molecular formula is C25H39NO3. The molecule has 1 amide bonds. The molecule has 0 saturated heterocycles. The molecule has 0 unspecified atom stereocenters. The van der Waals surface area contributed by atoms with Gasteiger partial charge >= 0.3 is 5.97 Å². The van der Waals surface area contributed by atoms with Crippen molar-refractivity contribution in [1.82, 2.24) is 5.32 Å². The third kappa shape index (κ3) is 20.2. The quantitative estimate of drug-likeness (QED) is 0.223. The maximum atomic E-state index is 11.5. The van der Waals surface area contributed by atoms with Gasteiger partial charge in [-0.25, -0.2) is 0 Å². The van der Waals surface area contributed by atoms with Gasteiger partial charge in [0.25, 0.3) is 0 Å². The number of allylic oxidation sites excluding steroid dienone is 10. The van der Waals surface area contributed by atoms with Gasteiger partial charge in [0.05, 0.1) is 0 Å². The summed E-state index contributed by atoms with van der Waals surface area (Å²) in [5.74, 6) is -1.19. The molecule has 4 heteroatoms. The molecule has 0 aromatic rings. The van der Waals surface area contributed by atoms with E-state index in [0.29, 0.717) is 6.42 Å². The fourth-order valence-corrected chi connectivity index (χ4v) is 2.47. The number of carbonyl (C=O) groups is 2. The zero-order valence-electron chi connectivity index (χ0n) is 18.2. The molecule has 0 aliphatic heterocycles. The number of hydrogen-bond acceptors (Lipinski definition) is 2. The fraction of sp³-hybridized carbons (Fsp3) is 0.520. The predicted octanol–water partition coefficient (Wildman–Crippen LogP) is 6.28. The summed E-state index contributed by atoms with van der Waals surface area (Å²) < 4.78 is 0. The summed E-state index contributed by atoms with van der Waals surface area (Å²) >= 11 is 0. The van der Waals surface area contributed by atoms with Crippen LogP contribution in [-0.4, -0.2) is 23.0 Å². The van der Waals surface area contributed by atoms with Crippen molar-refractivity contribution < 1.29 is 14.7 Å². The molecular weight excluding hydrogens is 362 g/mol. The fourth-order valence-electron chi connectivity index (χ4n) is 2.47. The molecule has 29 heavy (non-hydrogen) atoms. The molecule has 0 aliphatic carbocycles. The number of nitrogens with one attached hydrogen (secondary N) is 1. The number of hydrogen-bond donors (Lipinski definition) is 2. The van der Waals surface area contributed by atoms with E-state index in [4.69, 9.17) is 5.11 Å². The van der Waals surface area contributed by atoms with E-state index in [1.165, 1.54) is 6.92 Å². The largest absolute Gasteiger partial charge is 0.480 e. The van der Waals surface area contributed by atoms with Gasteiger partial charge in [-0.3, -0.25) is 9.59 Å². The Balaban J connectivity index is 3.53. The first-order valence-electron chi connectivity index (χ1n) is 10.8. The Morgan fingerprint density at radius 2 is 1.24 bits per heavy atom. The molecule has 162 valence electrons.